The van der Waals surface area contributed by atoms with Crippen molar-refractivity contribution in [3.63, 3.8) is 0 Å². The summed E-state index contributed by atoms with van der Waals surface area (Å²) >= 11 is 0. The first-order valence-corrected chi connectivity index (χ1v) is 5.09. The van der Waals surface area contributed by atoms with Crippen LogP contribution in [0.25, 0.3) is 12.2 Å². The standard InChI is InChI=1S/C12H14NP/c1-3-4-5-12-11(8-9-14)7-6-10(2)13-12/h3-9H,1,14H2,2H3/b5-4-,9-8+. The maximum atomic E-state index is 4.43. The Labute approximate surface area is 87.5 Å². The summed E-state index contributed by atoms with van der Waals surface area (Å²) in [6.45, 7) is 5.62. The van der Waals surface area contributed by atoms with Crippen LogP contribution in [0.15, 0.2) is 36.7 Å². The van der Waals surface area contributed by atoms with Crippen molar-refractivity contribution in [2.45, 2.75) is 6.92 Å². The van der Waals surface area contributed by atoms with E-state index in [4.69, 9.17) is 0 Å². The Morgan fingerprint density at radius 1 is 1.36 bits per heavy atom. The molecule has 0 aliphatic rings. The maximum absolute atomic E-state index is 4.43. The van der Waals surface area contributed by atoms with Crippen LogP contribution >= 0.6 is 9.24 Å². The van der Waals surface area contributed by atoms with Gasteiger partial charge in [0.1, 0.15) is 0 Å². The molecular weight excluding hydrogens is 189 g/mol. The molecule has 1 nitrogen and oxygen atoms in total. The molecule has 0 spiro atoms. The van der Waals surface area contributed by atoms with Crippen LogP contribution in [0.5, 0.6) is 0 Å². The van der Waals surface area contributed by atoms with Gasteiger partial charge in [0.05, 0.1) is 5.69 Å². The maximum Gasteiger partial charge on any atom is 0.0705 e. The van der Waals surface area contributed by atoms with Crippen molar-refractivity contribution < 1.29 is 0 Å². The fourth-order valence-electron chi connectivity index (χ4n) is 1.12. The summed E-state index contributed by atoms with van der Waals surface area (Å²) in [7, 11) is 2.56. The number of nitrogens with zero attached hydrogens (tertiary/aromatic N) is 1. The van der Waals surface area contributed by atoms with Crippen LogP contribution in [0.3, 0.4) is 0 Å². The van der Waals surface area contributed by atoms with Crippen molar-refractivity contribution in [2.24, 2.45) is 0 Å². The Morgan fingerprint density at radius 2 is 2.14 bits per heavy atom. The number of allylic oxidation sites excluding steroid dienone is 2. The summed E-state index contributed by atoms with van der Waals surface area (Å²) in [5, 5.41) is 0. The fraction of sp³-hybridized carbons (Fsp3) is 0.0833. The van der Waals surface area contributed by atoms with Crippen molar-refractivity contribution in [3.05, 3.63) is 53.6 Å². The SMILES string of the molecule is C=C/C=C\c1nc(C)ccc1/C=C/P. The molecule has 0 aliphatic heterocycles. The highest BCUT2D eigenvalue weighted by molar-refractivity contribution is 7.21. The highest BCUT2D eigenvalue weighted by Gasteiger charge is 1.96. The molecule has 1 aromatic rings. The smallest absolute Gasteiger partial charge is 0.0705 e. The fourth-order valence-corrected chi connectivity index (χ4v) is 1.33. The van der Waals surface area contributed by atoms with E-state index in [0.717, 1.165) is 17.0 Å². The molecule has 72 valence electrons. The van der Waals surface area contributed by atoms with E-state index >= 15 is 0 Å². The van der Waals surface area contributed by atoms with E-state index in [1.54, 1.807) is 6.08 Å². The Bertz CT molecular complexity index is 378. The highest BCUT2D eigenvalue weighted by Crippen LogP contribution is 2.12. The first kappa shape index (κ1) is 10.9. The van der Waals surface area contributed by atoms with Crippen LogP contribution in [0.2, 0.25) is 0 Å². The Hall–Kier alpha value is -1.20. The quantitative estimate of drug-likeness (QED) is 0.541. The van der Waals surface area contributed by atoms with Gasteiger partial charge in [0, 0.05) is 11.3 Å². The molecule has 0 amide bonds. The minimum Gasteiger partial charge on any atom is -0.253 e. The van der Waals surface area contributed by atoms with E-state index < -0.39 is 0 Å². The van der Waals surface area contributed by atoms with E-state index in [1.165, 1.54) is 0 Å². The van der Waals surface area contributed by atoms with Gasteiger partial charge >= 0.3 is 0 Å². The lowest BCUT2D eigenvalue weighted by molar-refractivity contribution is 1.17. The normalized spacial score (nSPS) is 11.3. The summed E-state index contributed by atoms with van der Waals surface area (Å²) in [6.07, 6.45) is 7.61. The van der Waals surface area contributed by atoms with Crippen LogP contribution in [-0.2, 0) is 0 Å². The van der Waals surface area contributed by atoms with Gasteiger partial charge in [-0.15, -0.1) is 9.24 Å². The highest BCUT2D eigenvalue weighted by atomic mass is 31.0. The van der Waals surface area contributed by atoms with Crippen molar-refractivity contribution in [3.8, 4) is 0 Å². The second kappa shape index (κ2) is 5.51. The molecule has 0 fully saturated rings. The molecule has 14 heavy (non-hydrogen) atoms. The van der Waals surface area contributed by atoms with E-state index in [2.05, 4.69) is 26.9 Å². The summed E-state index contributed by atoms with van der Waals surface area (Å²) < 4.78 is 0. The zero-order valence-electron chi connectivity index (χ0n) is 8.27. The third-order valence-corrected chi connectivity index (χ3v) is 1.96. The van der Waals surface area contributed by atoms with Crippen LogP contribution < -0.4 is 0 Å². The summed E-state index contributed by atoms with van der Waals surface area (Å²) in [5.41, 5.74) is 3.11. The minimum atomic E-state index is 0.976. The molecule has 1 rings (SSSR count). The third kappa shape index (κ3) is 2.93. The molecule has 0 saturated heterocycles. The van der Waals surface area contributed by atoms with E-state index in [9.17, 15) is 0 Å². The third-order valence-electron chi connectivity index (χ3n) is 1.76. The summed E-state index contributed by atoms with van der Waals surface area (Å²) in [6, 6.07) is 4.07. The molecule has 0 N–H and O–H groups in total. The van der Waals surface area contributed by atoms with Gasteiger partial charge in [-0.2, -0.15) is 0 Å². The number of pyridine rings is 1. The Kier molecular flexibility index (Phi) is 4.28. The Balaban J connectivity index is 3.14. The molecule has 1 unspecified atom stereocenters. The van der Waals surface area contributed by atoms with Gasteiger partial charge in [-0.25, -0.2) is 0 Å². The van der Waals surface area contributed by atoms with Gasteiger partial charge in [0.2, 0.25) is 0 Å². The molecule has 1 atom stereocenters. The first-order chi connectivity index (χ1) is 6.77. The average molecular weight is 203 g/mol. The number of hydrogen-bond acceptors (Lipinski definition) is 1. The van der Waals surface area contributed by atoms with Gasteiger partial charge in [-0.3, -0.25) is 4.98 Å². The molecule has 2 heteroatoms. The van der Waals surface area contributed by atoms with Gasteiger partial charge in [0.25, 0.3) is 0 Å². The monoisotopic (exact) mass is 203 g/mol. The molecular formula is C12H14NP. The molecule has 0 saturated carbocycles. The lowest BCUT2D eigenvalue weighted by Gasteiger charge is -2.00. The number of hydrogen-bond donors (Lipinski definition) is 0. The molecule has 0 aliphatic carbocycles. The number of aryl methyl sites for hydroxylation is 1. The second-order valence-corrected chi connectivity index (χ2v) is 3.27. The molecule has 0 aromatic carbocycles. The predicted octanol–water partition coefficient (Wildman–Crippen LogP) is 3.44. The van der Waals surface area contributed by atoms with Crippen LogP contribution in [-0.4, -0.2) is 4.98 Å². The van der Waals surface area contributed by atoms with Gasteiger partial charge in [-0.05, 0) is 19.1 Å². The first-order valence-electron chi connectivity index (χ1n) is 4.43. The topological polar surface area (TPSA) is 12.9 Å². The molecule has 1 heterocycles. The van der Waals surface area contributed by atoms with Crippen molar-refractivity contribution >= 4 is 21.4 Å². The zero-order valence-corrected chi connectivity index (χ0v) is 9.43. The largest absolute Gasteiger partial charge is 0.253 e. The van der Waals surface area contributed by atoms with E-state index in [1.807, 2.05) is 37.0 Å². The summed E-state index contributed by atoms with van der Waals surface area (Å²) in [4.78, 5) is 4.43. The Morgan fingerprint density at radius 3 is 2.79 bits per heavy atom. The van der Waals surface area contributed by atoms with Crippen molar-refractivity contribution in [1.82, 2.24) is 4.98 Å². The lowest BCUT2D eigenvalue weighted by Crippen LogP contribution is -1.88. The van der Waals surface area contributed by atoms with E-state index in [0.29, 0.717) is 0 Å². The predicted molar refractivity (Wildman–Crippen MR) is 66.9 cm³/mol. The lowest BCUT2D eigenvalue weighted by atomic mass is 10.1. The van der Waals surface area contributed by atoms with Gasteiger partial charge in [0.15, 0.2) is 0 Å². The minimum absolute atomic E-state index is 0.976. The number of rotatable bonds is 3. The number of aromatic nitrogens is 1. The zero-order chi connectivity index (χ0) is 10.4. The second-order valence-electron chi connectivity index (χ2n) is 2.88. The van der Waals surface area contributed by atoms with Gasteiger partial charge in [-0.1, -0.05) is 36.7 Å². The molecule has 1 aromatic heterocycles. The molecule has 0 bridgehead atoms. The molecule has 0 radical (unpaired) electrons. The summed E-state index contributed by atoms with van der Waals surface area (Å²) in [5.74, 6) is 1.93. The van der Waals surface area contributed by atoms with Gasteiger partial charge < -0.3 is 0 Å². The van der Waals surface area contributed by atoms with Crippen LogP contribution in [0.4, 0.5) is 0 Å². The average Bonchev–Trinajstić information content (AvgIpc) is 2.18. The van der Waals surface area contributed by atoms with E-state index in [-0.39, 0.29) is 0 Å². The van der Waals surface area contributed by atoms with Crippen molar-refractivity contribution in [1.29, 1.82) is 0 Å². The van der Waals surface area contributed by atoms with Crippen molar-refractivity contribution in [2.75, 3.05) is 0 Å². The van der Waals surface area contributed by atoms with Crippen LogP contribution in [0.1, 0.15) is 17.0 Å². The van der Waals surface area contributed by atoms with Crippen LogP contribution in [0, 0.1) is 6.92 Å².